The average molecular weight is 281 g/mol. The lowest BCUT2D eigenvalue weighted by atomic mass is 10.2. The van der Waals surface area contributed by atoms with Crippen LogP contribution in [0, 0.1) is 0 Å². The lowest BCUT2D eigenvalue weighted by molar-refractivity contribution is -0.141. The van der Waals surface area contributed by atoms with Crippen molar-refractivity contribution in [3.8, 4) is 0 Å². The molecule has 0 heterocycles. The second kappa shape index (κ2) is 7.17. The maximum absolute atomic E-state index is 11.5. The van der Waals surface area contributed by atoms with E-state index in [2.05, 4.69) is 5.32 Å². The van der Waals surface area contributed by atoms with Crippen LogP contribution in [-0.2, 0) is 14.8 Å². The van der Waals surface area contributed by atoms with Crippen LogP contribution in [0.4, 0.5) is 4.79 Å². The number of carboxylic acids is 1. The van der Waals surface area contributed by atoms with Crippen molar-refractivity contribution in [3.05, 3.63) is 0 Å². The van der Waals surface area contributed by atoms with Gasteiger partial charge in [-0.15, -0.1) is 0 Å². The van der Waals surface area contributed by atoms with Crippen LogP contribution in [0.5, 0.6) is 0 Å². The standard InChI is InChI=1S/C9H19N3O5S/c1-3-7(8(13)14)12(2)9(15)11-5-4-6-18(10,16)17/h7H,3-6H2,1-2H3,(H,11,15)(H,13,14)(H2,10,16,17). The lowest BCUT2D eigenvalue weighted by Gasteiger charge is -2.23. The van der Waals surface area contributed by atoms with Crippen LogP contribution in [0.15, 0.2) is 0 Å². The number of nitrogens with two attached hydrogens (primary N) is 1. The van der Waals surface area contributed by atoms with E-state index >= 15 is 0 Å². The van der Waals surface area contributed by atoms with Crippen LogP contribution in [-0.4, -0.2) is 55.8 Å². The predicted molar refractivity (Wildman–Crippen MR) is 65.5 cm³/mol. The molecule has 1 atom stereocenters. The number of nitrogens with one attached hydrogen (secondary N) is 1. The highest BCUT2D eigenvalue weighted by Gasteiger charge is 2.24. The van der Waals surface area contributed by atoms with Crippen LogP contribution < -0.4 is 10.5 Å². The molecule has 18 heavy (non-hydrogen) atoms. The van der Waals surface area contributed by atoms with Crippen molar-refractivity contribution in [2.24, 2.45) is 5.14 Å². The van der Waals surface area contributed by atoms with Gasteiger partial charge in [0.2, 0.25) is 10.0 Å². The van der Waals surface area contributed by atoms with Crippen molar-refractivity contribution in [1.82, 2.24) is 10.2 Å². The van der Waals surface area contributed by atoms with Crippen LogP contribution in [0.2, 0.25) is 0 Å². The second-order valence-electron chi connectivity index (χ2n) is 3.83. The summed E-state index contributed by atoms with van der Waals surface area (Å²) in [5, 5.41) is 16.1. The van der Waals surface area contributed by atoms with E-state index in [1.165, 1.54) is 7.05 Å². The molecule has 106 valence electrons. The highest BCUT2D eigenvalue weighted by molar-refractivity contribution is 7.89. The number of sulfonamides is 1. The summed E-state index contributed by atoms with van der Waals surface area (Å²) in [7, 11) is -2.16. The molecule has 2 amide bonds. The number of carbonyl (C=O) groups is 2. The lowest BCUT2D eigenvalue weighted by Crippen LogP contribution is -2.47. The van der Waals surface area contributed by atoms with Crippen molar-refractivity contribution in [2.75, 3.05) is 19.3 Å². The Balaban J connectivity index is 4.13. The van der Waals surface area contributed by atoms with E-state index in [1.54, 1.807) is 6.92 Å². The Morgan fingerprint density at radius 2 is 2.00 bits per heavy atom. The van der Waals surface area contributed by atoms with Crippen LogP contribution >= 0.6 is 0 Å². The topological polar surface area (TPSA) is 130 Å². The molecule has 0 saturated carbocycles. The van der Waals surface area contributed by atoms with E-state index in [4.69, 9.17) is 10.2 Å². The molecular weight excluding hydrogens is 262 g/mol. The molecule has 0 saturated heterocycles. The van der Waals surface area contributed by atoms with Gasteiger partial charge in [0, 0.05) is 13.6 Å². The summed E-state index contributed by atoms with van der Waals surface area (Å²) in [6.45, 7) is 1.78. The molecular formula is C9H19N3O5S. The molecule has 8 nitrogen and oxygen atoms in total. The summed E-state index contributed by atoms with van der Waals surface area (Å²) in [6.07, 6.45) is 0.471. The zero-order valence-corrected chi connectivity index (χ0v) is 11.2. The third-order valence-electron chi connectivity index (χ3n) is 2.34. The zero-order valence-electron chi connectivity index (χ0n) is 10.4. The van der Waals surface area contributed by atoms with E-state index in [0.29, 0.717) is 0 Å². The Hall–Kier alpha value is -1.35. The molecule has 0 aliphatic rings. The summed E-state index contributed by atoms with van der Waals surface area (Å²) in [5.41, 5.74) is 0. The van der Waals surface area contributed by atoms with Crippen molar-refractivity contribution in [2.45, 2.75) is 25.8 Å². The van der Waals surface area contributed by atoms with Gasteiger partial charge < -0.3 is 15.3 Å². The second-order valence-corrected chi connectivity index (χ2v) is 5.56. The van der Waals surface area contributed by atoms with Crippen molar-refractivity contribution in [1.29, 1.82) is 0 Å². The number of aliphatic carboxylic acids is 1. The summed E-state index contributed by atoms with van der Waals surface area (Å²) >= 11 is 0. The molecule has 4 N–H and O–H groups in total. The first-order chi connectivity index (χ1) is 8.19. The number of hydrogen-bond donors (Lipinski definition) is 3. The number of hydrogen-bond acceptors (Lipinski definition) is 4. The largest absolute Gasteiger partial charge is 0.480 e. The third-order valence-corrected chi connectivity index (χ3v) is 3.20. The average Bonchev–Trinajstić information content (AvgIpc) is 2.23. The van der Waals surface area contributed by atoms with Crippen LogP contribution in [0.3, 0.4) is 0 Å². The number of amides is 2. The third kappa shape index (κ3) is 6.40. The normalized spacial score (nSPS) is 12.8. The molecule has 0 bridgehead atoms. The first-order valence-corrected chi connectivity index (χ1v) is 7.14. The fraction of sp³-hybridized carbons (Fsp3) is 0.778. The van der Waals surface area contributed by atoms with Crippen molar-refractivity contribution >= 4 is 22.0 Å². The van der Waals surface area contributed by atoms with Gasteiger partial charge in [-0.2, -0.15) is 0 Å². The Morgan fingerprint density at radius 3 is 2.39 bits per heavy atom. The maximum Gasteiger partial charge on any atom is 0.326 e. The molecule has 0 aromatic heterocycles. The first-order valence-electron chi connectivity index (χ1n) is 5.43. The van der Waals surface area contributed by atoms with Gasteiger partial charge in [-0.25, -0.2) is 23.1 Å². The van der Waals surface area contributed by atoms with Crippen molar-refractivity contribution in [3.63, 3.8) is 0 Å². The molecule has 0 rings (SSSR count). The number of rotatable bonds is 7. The molecule has 0 aliphatic carbocycles. The number of carboxylic acid groups (broad SMARTS) is 1. The molecule has 0 radical (unpaired) electrons. The van der Waals surface area contributed by atoms with Gasteiger partial charge in [0.15, 0.2) is 0 Å². The Bertz CT molecular complexity index is 395. The number of urea groups is 1. The maximum atomic E-state index is 11.5. The van der Waals surface area contributed by atoms with E-state index in [1.807, 2.05) is 0 Å². The zero-order chi connectivity index (χ0) is 14.3. The van der Waals surface area contributed by atoms with E-state index in [9.17, 15) is 18.0 Å². The Morgan fingerprint density at radius 1 is 1.44 bits per heavy atom. The molecule has 0 fully saturated rings. The van der Waals surface area contributed by atoms with Gasteiger partial charge in [-0.1, -0.05) is 6.92 Å². The monoisotopic (exact) mass is 281 g/mol. The molecule has 9 heteroatoms. The van der Waals surface area contributed by atoms with Gasteiger partial charge in [0.05, 0.1) is 5.75 Å². The number of likely N-dealkylation sites (N-methyl/N-ethyl adjacent to an activating group) is 1. The van der Waals surface area contributed by atoms with E-state index in [-0.39, 0.29) is 25.1 Å². The number of carbonyl (C=O) groups excluding carboxylic acids is 1. The van der Waals surface area contributed by atoms with Gasteiger partial charge in [-0.05, 0) is 12.8 Å². The highest BCUT2D eigenvalue weighted by Crippen LogP contribution is 2.02. The molecule has 0 aromatic rings. The number of primary sulfonamides is 1. The summed E-state index contributed by atoms with van der Waals surface area (Å²) in [6, 6.07) is -1.46. The highest BCUT2D eigenvalue weighted by atomic mass is 32.2. The van der Waals surface area contributed by atoms with Gasteiger partial charge in [0.1, 0.15) is 6.04 Å². The van der Waals surface area contributed by atoms with Crippen molar-refractivity contribution < 1.29 is 23.1 Å². The van der Waals surface area contributed by atoms with Gasteiger partial charge >= 0.3 is 12.0 Å². The summed E-state index contributed by atoms with van der Waals surface area (Å²) in [4.78, 5) is 23.4. The van der Waals surface area contributed by atoms with Gasteiger partial charge in [-0.3, -0.25) is 0 Å². The predicted octanol–water partition coefficient (Wildman–Crippen LogP) is -0.830. The fourth-order valence-electron chi connectivity index (χ4n) is 1.35. The molecule has 0 aromatic carbocycles. The minimum Gasteiger partial charge on any atom is -0.480 e. The fourth-order valence-corrected chi connectivity index (χ4v) is 1.90. The summed E-state index contributed by atoms with van der Waals surface area (Å²) < 4.78 is 21.3. The first kappa shape index (κ1) is 16.6. The van der Waals surface area contributed by atoms with Crippen LogP contribution in [0.1, 0.15) is 19.8 Å². The molecule has 0 spiro atoms. The Labute approximate surface area is 106 Å². The minimum absolute atomic E-state index is 0.121. The minimum atomic E-state index is -3.54. The molecule has 0 aliphatic heterocycles. The molecule has 1 unspecified atom stereocenters. The summed E-state index contributed by atoms with van der Waals surface area (Å²) in [5.74, 6) is -1.31. The van der Waals surface area contributed by atoms with E-state index < -0.39 is 28.1 Å². The number of nitrogens with zero attached hydrogens (tertiary/aromatic N) is 1. The van der Waals surface area contributed by atoms with Gasteiger partial charge in [0.25, 0.3) is 0 Å². The Kier molecular flexibility index (Phi) is 6.63. The van der Waals surface area contributed by atoms with Crippen LogP contribution in [0.25, 0.3) is 0 Å². The van der Waals surface area contributed by atoms with E-state index in [0.717, 1.165) is 4.90 Å². The smallest absolute Gasteiger partial charge is 0.326 e. The quantitative estimate of drug-likeness (QED) is 0.524. The SMILES string of the molecule is CCC(C(=O)O)N(C)C(=O)NCCCS(N)(=O)=O.